The van der Waals surface area contributed by atoms with Crippen molar-refractivity contribution in [2.75, 3.05) is 0 Å². The van der Waals surface area contributed by atoms with Crippen molar-refractivity contribution in [1.29, 1.82) is 0 Å². The van der Waals surface area contributed by atoms with Crippen LogP contribution in [0.2, 0.25) is 0 Å². The molecule has 0 fully saturated rings. The van der Waals surface area contributed by atoms with Crippen molar-refractivity contribution >= 4 is 11.9 Å². The van der Waals surface area contributed by atoms with Gasteiger partial charge in [0.1, 0.15) is 0 Å². The maximum atomic E-state index is 11.9. The molecular weight excluding hydrogens is 282 g/mol. The fourth-order valence-electron chi connectivity index (χ4n) is 2.24. The van der Waals surface area contributed by atoms with Crippen LogP contribution in [-0.4, -0.2) is 27.2 Å². The van der Waals surface area contributed by atoms with Crippen LogP contribution >= 0.6 is 0 Å². The smallest absolute Gasteiger partial charge is 0.330 e. The number of aliphatic carboxylic acids is 1. The number of benzene rings is 1. The Kier molecular flexibility index (Phi) is 5.30. The Bertz CT molecular complexity index is 638. The zero-order valence-electron chi connectivity index (χ0n) is 12.4. The molecule has 0 aliphatic rings. The Morgan fingerprint density at radius 1 is 1.41 bits per heavy atom. The molecule has 0 aliphatic heterocycles. The highest BCUT2D eigenvalue weighted by molar-refractivity contribution is 5.84. The molecule has 0 bridgehead atoms. The fourth-order valence-corrected chi connectivity index (χ4v) is 2.24. The number of hydrogen-bond donors (Lipinski definition) is 3. The third-order valence-electron chi connectivity index (χ3n) is 3.35. The lowest BCUT2D eigenvalue weighted by Crippen LogP contribution is -2.33. The SMILES string of the molecule is Cc1cccc(C(NC(=O)CCCc2cn[nH]c2)C(=O)O)c1. The van der Waals surface area contributed by atoms with E-state index in [-0.39, 0.29) is 12.3 Å². The summed E-state index contributed by atoms with van der Waals surface area (Å²) in [5.41, 5.74) is 2.56. The van der Waals surface area contributed by atoms with Gasteiger partial charge in [-0.1, -0.05) is 29.8 Å². The number of carboxylic acid groups (broad SMARTS) is 1. The number of carboxylic acids is 1. The largest absolute Gasteiger partial charge is 0.479 e. The second kappa shape index (κ2) is 7.40. The van der Waals surface area contributed by atoms with Crippen LogP contribution in [0.25, 0.3) is 0 Å². The van der Waals surface area contributed by atoms with Crippen molar-refractivity contribution in [3.05, 3.63) is 53.3 Å². The lowest BCUT2D eigenvalue weighted by molar-refractivity contribution is -0.142. The molecule has 1 heterocycles. The first-order valence-electron chi connectivity index (χ1n) is 7.12. The number of hydrogen-bond acceptors (Lipinski definition) is 3. The number of carbonyl (C=O) groups excluding carboxylic acids is 1. The molecule has 1 atom stereocenters. The minimum Gasteiger partial charge on any atom is -0.479 e. The van der Waals surface area contributed by atoms with E-state index in [4.69, 9.17) is 0 Å². The van der Waals surface area contributed by atoms with Gasteiger partial charge in [-0.25, -0.2) is 4.79 Å². The topological polar surface area (TPSA) is 95.1 Å². The number of nitrogens with one attached hydrogen (secondary N) is 2. The van der Waals surface area contributed by atoms with Gasteiger partial charge in [-0.3, -0.25) is 9.89 Å². The van der Waals surface area contributed by atoms with Crippen molar-refractivity contribution in [1.82, 2.24) is 15.5 Å². The number of H-pyrrole nitrogens is 1. The molecule has 0 aliphatic carbocycles. The third kappa shape index (κ3) is 4.44. The number of aromatic amines is 1. The number of rotatable bonds is 7. The molecule has 6 heteroatoms. The zero-order chi connectivity index (χ0) is 15.9. The van der Waals surface area contributed by atoms with Crippen molar-refractivity contribution in [3.8, 4) is 0 Å². The highest BCUT2D eigenvalue weighted by Crippen LogP contribution is 2.15. The Morgan fingerprint density at radius 3 is 2.86 bits per heavy atom. The minimum atomic E-state index is -1.06. The summed E-state index contributed by atoms with van der Waals surface area (Å²) in [5, 5.41) is 18.4. The molecule has 2 rings (SSSR count). The fraction of sp³-hybridized carbons (Fsp3) is 0.312. The van der Waals surface area contributed by atoms with E-state index < -0.39 is 12.0 Å². The third-order valence-corrected chi connectivity index (χ3v) is 3.35. The molecule has 3 N–H and O–H groups in total. The number of nitrogens with zero attached hydrogens (tertiary/aromatic N) is 1. The minimum absolute atomic E-state index is 0.266. The van der Waals surface area contributed by atoms with E-state index in [0.717, 1.165) is 17.5 Å². The summed E-state index contributed by atoms with van der Waals surface area (Å²) < 4.78 is 0. The Hall–Kier alpha value is -2.63. The van der Waals surface area contributed by atoms with Gasteiger partial charge in [-0.15, -0.1) is 0 Å². The van der Waals surface area contributed by atoms with Gasteiger partial charge in [-0.2, -0.15) is 5.10 Å². The number of carbonyl (C=O) groups is 2. The molecule has 2 aromatic rings. The van der Waals surface area contributed by atoms with Crippen LogP contribution in [0.5, 0.6) is 0 Å². The Labute approximate surface area is 128 Å². The summed E-state index contributed by atoms with van der Waals surface area (Å²) in [4.78, 5) is 23.3. The second-order valence-electron chi connectivity index (χ2n) is 5.21. The molecule has 22 heavy (non-hydrogen) atoms. The predicted molar refractivity (Wildman–Crippen MR) is 81.2 cm³/mol. The first-order valence-corrected chi connectivity index (χ1v) is 7.12. The van der Waals surface area contributed by atoms with Crippen LogP contribution in [0.4, 0.5) is 0 Å². The molecule has 0 saturated carbocycles. The summed E-state index contributed by atoms with van der Waals surface area (Å²) in [6, 6.07) is 6.13. The predicted octanol–water partition coefficient (Wildman–Crippen LogP) is 1.98. The van der Waals surface area contributed by atoms with Crippen molar-refractivity contribution < 1.29 is 14.7 Å². The molecule has 1 unspecified atom stereocenters. The van der Waals surface area contributed by atoms with Gasteiger partial charge in [0.15, 0.2) is 6.04 Å². The standard InChI is InChI=1S/C16H19N3O3/c1-11-4-2-6-13(8-11)15(16(21)22)19-14(20)7-3-5-12-9-17-18-10-12/h2,4,6,8-10,15H,3,5,7H2,1H3,(H,17,18)(H,19,20)(H,21,22). The van der Waals surface area contributed by atoms with Crippen LogP contribution < -0.4 is 5.32 Å². The van der Waals surface area contributed by atoms with Gasteiger partial charge >= 0.3 is 5.97 Å². The summed E-state index contributed by atoms with van der Waals surface area (Å²) in [6.07, 6.45) is 5.15. The lowest BCUT2D eigenvalue weighted by atomic mass is 10.0. The van der Waals surface area contributed by atoms with Crippen LogP contribution in [0.3, 0.4) is 0 Å². The highest BCUT2D eigenvalue weighted by atomic mass is 16.4. The first kappa shape index (κ1) is 15.8. The molecule has 6 nitrogen and oxygen atoms in total. The quantitative estimate of drug-likeness (QED) is 0.728. The number of amides is 1. The molecule has 1 aromatic carbocycles. The van der Waals surface area contributed by atoms with Crippen molar-refractivity contribution in [2.24, 2.45) is 0 Å². The normalized spacial score (nSPS) is 11.9. The average molecular weight is 301 g/mol. The van der Waals surface area contributed by atoms with E-state index in [2.05, 4.69) is 15.5 Å². The van der Waals surface area contributed by atoms with Gasteiger partial charge in [0.2, 0.25) is 5.91 Å². The van der Waals surface area contributed by atoms with Crippen LogP contribution in [-0.2, 0) is 16.0 Å². The Morgan fingerprint density at radius 2 is 2.23 bits per heavy atom. The van der Waals surface area contributed by atoms with E-state index in [1.807, 2.05) is 13.0 Å². The lowest BCUT2D eigenvalue weighted by Gasteiger charge is -2.15. The van der Waals surface area contributed by atoms with Crippen LogP contribution in [0.15, 0.2) is 36.7 Å². The van der Waals surface area contributed by atoms with Gasteiger partial charge in [-0.05, 0) is 30.9 Å². The number of aryl methyl sites for hydroxylation is 2. The van der Waals surface area contributed by atoms with Gasteiger partial charge in [0.05, 0.1) is 6.20 Å². The van der Waals surface area contributed by atoms with E-state index in [1.165, 1.54) is 0 Å². The maximum absolute atomic E-state index is 11.9. The molecule has 0 radical (unpaired) electrons. The van der Waals surface area contributed by atoms with Gasteiger partial charge < -0.3 is 10.4 Å². The van der Waals surface area contributed by atoms with E-state index >= 15 is 0 Å². The molecule has 0 saturated heterocycles. The Balaban J connectivity index is 1.90. The zero-order valence-corrected chi connectivity index (χ0v) is 12.4. The average Bonchev–Trinajstić information content (AvgIpc) is 2.97. The molecule has 1 aromatic heterocycles. The van der Waals surface area contributed by atoms with E-state index in [1.54, 1.807) is 30.6 Å². The molecule has 0 spiro atoms. The summed E-state index contributed by atoms with van der Waals surface area (Å²) >= 11 is 0. The first-order chi connectivity index (χ1) is 10.6. The summed E-state index contributed by atoms with van der Waals surface area (Å²) in [6.45, 7) is 1.88. The van der Waals surface area contributed by atoms with Gasteiger partial charge in [0.25, 0.3) is 0 Å². The van der Waals surface area contributed by atoms with Crippen LogP contribution in [0, 0.1) is 6.92 Å². The van der Waals surface area contributed by atoms with E-state index in [0.29, 0.717) is 12.0 Å². The highest BCUT2D eigenvalue weighted by Gasteiger charge is 2.21. The van der Waals surface area contributed by atoms with E-state index in [9.17, 15) is 14.7 Å². The second-order valence-corrected chi connectivity index (χ2v) is 5.21. The number of aromatic nitrogens is 2. The van der Waals surface area contributed by atoms with Crippen molar-refractivity contribution in [2.45, 2.75) is 32.2 Å². The maximum Gasteiger partial charge on any atom is 0.330 e. The monoisotopic (exact) mass is 301 g/mol. The van der Waals surface area contributed by atoms with Crippen LogP contribution in [0.1, 0.15) is 35.6 Å². The molecule has 1 amide bonds. The van der Waals surface area contributed by atoms with Crippen molar-refractivity contribution in [3.63, 3.8) is 0 Å². The summed E-state index contributed by atoms with van der Waals surface area (Å²) in [5.74, 6) is -1.33. The van der Waals surface area contributed by atoms with Gasteiger partial charge in [0, 0.05) is 12.6 Å². The summed E-state index contributed by atoms with van der Waals surface area (Å²) in [7, 11) is 0. The molecule has 116 valence electrons. The molecular formula is C16H19N3O3.